The fraction of sp³-hybridized carbons (Fsp3) is 0.333. The van der Waals surface area contributed by atoms with E-state index < -0.39 is 5.97 Å². The van der Waals surface area contributed by atoms with Gasteiger partial charge >= 0.3 is 5.97 Å². The lowest BCUT2D eigenvalue weighted by atomic mass is 9.98. The standard InChI is InChI=1S/C33H34N2O6S3/c1-3-40-32(38)29-24(22-10-6-4-7-11-22)20-43-30(29)34-28(36)16-17-35-31(37)27(44-33(35)42)19-21-14-15-25(26(18-21)39-2)41-23-12-8-5-9-13-23/h4,6-7,10-11,14-15,18-20,23H,3,5,8-9,12-13,16-17H2,1-2H3,(H,34,36)/b27-19-. The Balaban J connectivity index is 1.23. The molecule has 1 aromatic heterocycles. The van der Waals surface area contributed by atoms with Gasteiger partial charge in [0.25, 0.3) is 5.91 Å². The zero-order chi connectivity index (χ0) is 31.1. The molecule has 2 amide bonds. The quantitative estimate of drug-likeness (QED) is 0.129. The Labute approximate surface area is 270 Å². The average Bonchev–Trinajstić information content (AvgIpc) is 3.57. The normalized spacial score (nSPS) is 16.3. The third-order valence-corrected chi connectivity index (χ3v) is 9.65. The van der Waals surface area contributed by atoms with Crippen molar-refractivity contribution in [2.24, 2.45) is 0 Å². The molecule has 1 saturated heterocycles. The fourth-order valence-electron chi connectivity index (χ4n) is 5.17. The van der Waals surface area contributed by atoms with Crippen LogP contribution in [0.1, 0.15) is 61.4 Å². The average molecular weight is 651 g/mol. The molecule has 2 fully saturated rings. The number of rotatable bonds is 11. The first kappa shape index (κ1) is 31.7. The summed E-state index contributed by atoms with van der Waals surface area (Å²) >= 11 is 7.94. The molecule has 2 aliphatic rings. The van der Waals surface area contributed by atoms with Crippen molar-refractivity contribution in [2.45, 2.75) is 51.6 Å². The van der Waals surface area contributed by atoms with E-state index in [4.69, 9.17) is 26.4 Å². The highest BCUT2D eigenvalue weighted by Gasteiger charge is 2.32. The zero-order valence-electron chi connectivity index (χ0n) is 24.6. The second-order valence-electron chi connectivity index (χ2n) is 10.4. The highest BCUT2D eigenvalue weighted by atomic mass is 32.2. The van der Waals surface area contributed by atoms with Gasteiger partial charge in [0.05, 0.1) is 24.7 Å². The first-order valence-electron chi connectivity index (χ1n) is 14.6. The van der Waals surface area contributed by atoms with Crippen molar-refractivity contribution in [3.8, 4) is 22.6 Å². The van der Waals surface area contributed by atoms with Gasteiger partial charge in [-0.05, 0) is 61.9 Å². The van der Waals surface area contributed by atoms with E-state index in [-0.39, 0.29) is 37.5 Å². The maximum atomic E-state index is 13.3. The fourth-order valence-corrected chi connectivity index (χ4v) is 7.45. The summed E-state index contributed by atoms with van der Waals surface area (Å²) in [5.41, 5.74) is 2.64. The molecule has 44 heavy (non-hydrogen) atoms. The monoisotopic (exact) mass is 650 g/mol. The lowest BCUT2D eigenvalue weighted by molar-refractivity contribution is -0.122. The molecular formula is C33H34N2O6S3. The summed E-state index contributed by atoms with van der Waals surface area (Å²) in [4.78, 5) is 41.0. The van der Waals surface area contributed by atoms with E-state index in [0.717, 1.165) is 24.0 Å². The maximum absolute atomic E-state index is 13.3. The molecule has 1 saturated carbocycles. The van der Waals surface area contributed by atoms with Gasteiger partial charge in [-0.15, -0.1) is 11.3 Å². The molecule has 230 valence electrons. The molecule has 11 heteroatoms. The Hall–Kier alpha value is -3.67. The molecule has 0 spiro atoms. The van der Waals surface area contributed by atoms with E-state index in [2.05, 4.69) is 5.32 Å². The van der Waals surface area contributed by atoms with Gasteiger partial charge in [0.15, 0.2) is 11.5 Å². The largest absolute Gasteiger partial charge is 0.493 e. The van der Waals surface area contributed by atoms with Gasteiger partial charge in [-0.3, -0.25) is 14.5 Å². The molecule has 5 rings (SSSR count). The van der Waals surface area contributed by atoms with Crippen molar-refractivity contribution in [3.05, 3.63) is 69.9 Å². The topological polar surface area (TPSA) is 94.2 Å². The Bertz CT molecular complexity index is 1560. The van der Waals surface area contributed by atoms with Crippen molar-refractivity contribution < 1.29 is 28.6 Å². The van der Waals surface area contributed by atoms with Crippen molar-refractivity contribution >= 4 is 68.5 Å². The lowest BCUT2D eigenvalue weighted by Crippen LogP contribution is -2.31. The number of methoxy groups -OCH3 is 1. The second kappa shape index (κ2) is 14.9. The molecule has 0 radical (unpaired) electrons. The molecule has 1 aliphatic heterocycles. The molecule has 8 nitrogen and oxygen atoms in total. The summed E-state index contributed by atoms with van der Waals surface area (Å²) < 4.78 is 17.4. The van der Waals surface area contributed by atoms with E-state index in [1.807, 2.05) is 53.9 Å². The van der Waals surface area contributed by atoms with E-state index in [1.54, 1.807) is 20.1 Å². The number of benzene rings is 2. The van der Waals surface area contributed by atoms with Gasteiger partial charge < -0.3 is 19.5 Å². The maximum Gasteiger partial charge on any atom is 0.341 e. The van der Waals surface area contributed by atoms with E-state index in [0.29, 0.717) is 36.9 Å². The van der Waals surface area contributed by atoms with Crippen LogP contribution in [-0.4, -0.2) is 53.4 Å². The number of carbonyl (C=O) groups excluding carboxylic acids is 3. The predicted molar refractivity (Wildman–Crippen MR) is 179 cm³/mol. The molecule has 2 heterocycles. The number of anilines is 1. The summed E-state index contributed by atoms with van der Waals surface area (Å²) in [6, 6.07) is 15.1. The van der Waals surface area contributed by atoms with Crippen molar-refractivity contribution in [2.75, 3.05) is 25.6 Å². The summed E-state index contributed by atoms with van der Waals surface area (Å²) in [7, 11) is 1.60. The van der Waals surface area contributed by atoms with Gasteiger partial charge in [-0.2, -0.15) is 0 Å². The van der Waals surface area contributed by atoms with Crippen molar-refractivity contribution in [3.63, 3.8) is 0 Å². The Morgan fingerprint density at radius 2 is 1.86 bits per heavy atom. The predicted octanol–water partition coefficient (Wildman–Crippen LogP) is 7.54. The molecule has 0 bridgehead atoms. The van der Waals surface area contributed by atoms with E-state index >= 15 is 0 Å². The van der Waals surface area contributed by atoms with Gasteiger partial charge in [-0.25, -0.2) is 4.79 Å². The Morgan fingerprint density at radius 3 is 2.59 bits per heavy atom. The number of amides is 2. The number of nitrogens with zero attached hydrogens (tertiary/aromatic N) is 1. The minimum Gasteiger partial charge on any atom is -0.493 e. The van der Waals surface area contributed by atoms with E-state index in [1.165, 1.54) is 47.3 Å². The van der Waals surface area contributed by atoms with Crippen LogP contribution in [0.3, 0.4) is 0 Å². The summed E-state index contributed by atoms with van der Waals surface area (Å²) in [5, 5.41) is 5.07. The van der Waals surface area contributed by atoms with Crippen LogP contribution in [0.15, 0.2) is 58.8 Å². The number of esters is 1. The third kappa shape index (κ3) is 7.51. The Kier molecular flexibility index (Phi) is 10.7. The van der Waals surface area contributed by atoms with Crippen LogP contribution in [0, 0.1) is 0 Å². The molecular weight excluding hydrogens is 617 g/mol. The number of carbonyl (C=O) groups is 3. The van der Waals surface area contributed by atoms with E-state index in [9.17, 15) is 14.4 Å². The number of thioether (sulfide) groups is 1. The minimum absolute atomic E-state index is 0.00157. The summed E-state index contributed by atoms with van der Waals surface area (Å²) in [6.45, 7) is 2.06. The lowest BCUT2D eigenvalue weighted by Gasteiger charge is -2.24. The van der Waals surface area contributed by atoms with Gasteiger partial charge in [0.1, 0.15) is 14.9 Å². The highest BCUT2D eigenvalue weighted by Crippen LogP contribution is 2.38. The molecule has 3 aromatic rings. The van der Waals surface area contributed by atoms with Crippen LogP contribution >= 0.6 is 35.3 Å². The van der Waals surface area contributed by atoms with Crippen LogP contribution in [-0.2, 0) is 14.3 Å². The highest BCUT2D eigenvalue weighted by molar-refractivity contribution is 8.26. The van der Waals surface area contributed by atoms with Crippen LogP contribution in [0.5, 0.6) is 11.5 Å². The van der Waals surface area contributed by atoms with Crippen LogP contribution in [0.25, 0.3) is 17.2 Å². The van der Waals surface area contributed by atoms with Crippen molar-refractivity contribution in [1.29, 1.82) is 0 Å². The van der Waals surface area contributed by atoms with Gasteiger partial charge in [0, 0.05) is 23.9 Å². The number of ether oxygens (including phenoxy) is 3. The molecule has 0 atom stereocenters. The number of thiocarbonyl (C=S) groups is 1. The number of thiophene rings is 1. The first-order valence-corrected chi connectivity index (χ1v) is 16.7. The van der Waals surface area contributed by atoms with Gasteiger partial charge in [-0.1, -0.05) is 66.8 Å². The number of hydrogen-bond acceptors (Lipinski definition) is 9. The second-order valence-corrected chi connectivity index (χ2v) is 12.9. The molecule has 0 unspecified atom stereocenters. The third-order valence-electron chi connectivity index (χ3n) is 7.38. The molecule has 1 N–H and O–H groups in total. The number of nitrogens with one attached hydrogen (secondary N) is 1. The van der Waals surface area contributed by atoms with Gasteiger partial charge in [0.2, 0.25) is 5.91 Å². The van der Waals surface area contributed by atoms with Crippen LogP contribution in [0.4, 0.5) is 5.00 Å². The van der Waals surface area contributed by atoms with Crippen molar-refractivity contribution in [1.82, 2.24) is 4.90 Å². The minimum atomic E-state index is -0.504. The Morgan fingerprint density at radius 1 is 1.09 bits per heavy atom. The molecule has 2 aromatic carbocycles. The first-order chi connectivity index (χ1) is 21.4. The smallest absolute Gasteiger partial charge is 0.341 e. The summed E-state index contributed by atoms with van der Waals surface area (Å²) in [5.74, 6) is 0.207. The SMILES string of the molecule is CCOC(=O)c1c(-c2ccccc2)csc1NC(=O)CCN1C(=O)/C(=C/c2ccc(OC3CCCCC3)c(OC)c2)SC1=S. The van der Waals surface area contributed by atoms with Crippen LogP contribution in [0.2, 0.25) is 0 Å². The number of hydrogen-bond donors (Lipinski definition) is 1. The summed E-state index contributed by atoms with van der Waals surface area (Å²) in [6.07, 6.45) is 7.65. The zero-order valence-corrected chi connectivity index (χ0v) is 27.1. The van der Waals surface area contributed by atoms with Crippen LogP contribution < -0.4 is 14.8 Å². The molecule has 1 aliphatic carbocycles.